The van der Waals surface area contributed by atoms with Gasteiger partial charge in [-0.1, -0.05) is 0 Å². The number of aliphatic carboxylic acids is 1. The number of nitriles is 1. The minimum atomic E-state index is -0.821. The number of rotatable bonds is 6. The topological polar surface area (TPSA) is 82.3 Å². The SMILES string of the molecule is COc1ccc(C#N)cc1CNC(C(=O)O)C1CC1. The molecule has 0 amide bonds. The second kappa shape index (κ2) is 5.72. The Hall–Kier alpha value is -2.06. The number of carboxylic acid groups (broad SMARTS) is 1. The third kappa shape index (κ3) is 3.24. The van der Waals surface area contributed by atoms with Crippen molar-refractivity contribution >= 4 is 5.97 Å². The molecule has 1 aliphatic rings. The van der Waals surface area contributed by atoms with Crippen molar-refractivity contribution in [2.24, 2.45) is 5.92 Å². The van der Waals surface area contributed by atoms with E-state index < -0.39 is 12.0 Å². The van der Waals surface area contributed by atoms with Gasteiger partial charge < -0.3 is 9.84 Å². The van der Waals surface area contributed by atoms with Crippen molar-refractivity contribution in [2.45, 2.75) is 25.4 Å². The number of nitrogens with one attached hydrogen (secondary N) is 1. The summed E-state index contributed by atoms with van der Waals surface area (Å²) in [5.41, 5.74) is 1.34. The number of hydrogen-bond donors (Lipinski definition) is 2. The number of ether oxygens (including phenoxy) is 1. The van der Waals surface area contributed by atoms with Crippen LogP contribution in [0.5, 0.6) is 5.75 Å². The molecule has 0 aromatic heterocycles. The summed E-state index contributed by atoms with van der Waals surface area (Å²) in [4.78, 5) is 11.1. The highest BCUT2D eigenvalue weighted by molar-refractivity contribution is 5.74. The molecule has 1 aliphatic carbocycles. The Morgan fingerprint density at radius 3 is 2.89 bits per heavy atom. The first-order valence-electron chi connectivity index (χ1n) is 6.19. The summed E-state index contributed by atoms with van der Waals surface area (Å²) >= 11 is 0. The van der Waals surface area contributed by atoms with E-state index in [-0.39, 0.29) is 5.92 Å². The highest BCUT2D eigenvalue weighted by Crippen LogP contribution is 2.33. The second-order valence-electron chi connectivity index (χ2n) is 4.67. The fraction of sp³-hybridized carbons (Fsp3) is 0.429. The number of nitrogens with zero attached hydrogens (tertiary/aromatic N) is 1. The zero-order valence-corrected chi connectivity index (χ0v) is 10.7. The van der Waals surface area contributed by atoms with Gasteiger partial charge in [-0.05, 0) is 37.0 Å². The first-order valence-corrected chi connectivity index (χ1v) is 6.19. The lowest BCUT2D eigenvalue weighted by Gasteiger charge is -2.15. The molecule has 0 radical (unpaired) electrons. The van der Waals surface area contributed by atoms with Crippen molar-refractivity contribution in [3.8, 4) is 11.8 Å². The molecule has 2 rings (SSSR count). The first kappa shape index (κ1) is 13.4. The number of carbonyl (C=O) groups is 1. The van der Waals surface area contributed by atoms with E-state index in [1.54, 1.807) is 25.3 Å². The van der Waals surface area contributed by atoms with Crippen LogP contribution in [0.3, 0.4) is 0 Å². The van der Waals surface area contributed by atoms with Crippen LogP contribution in [0.4, 0.5) is 0 Å². The van der Waals surface area contributed by atoms with Gasteiger partial charge in [-0.2, -0.15) is 5.26 Å². The first-order chi connectivity index (χ1) is 9.15. The van der Waals surface area contributed by atoms with Gasteiger partial charge in [-0.25, -0.2) is 0 Å². The Balaban J connectivity index is 2.09. The maximum Gasteiger partial charge on any atom is 0.320 e. The molecule has 5 heteroatoms. The van der Waals surface area contributed by atoms with E-state index in [1.807, 2.05) is 0 Å². The van der Waals surface area contributed by atoms with Gasteiger partial charge in [0.1, 0.15) is 11.8 Å². The maximum atomic E-state index is 11.1. The van der Waals surface area contributed by atoms with E-state index >= 15 is 0 Å². The van der Waals surface area contributed by atoms with Crippen LogP contribution in [0.25, 0.3) is 0 Å². The van der Waals surface area contributed by atoms with Gasteiger partial charge in [0.05, 0.1) is 18.7 Å². The molecular formula is C14H16N2O3. The number of benzene rings is 1. The number of methoxy groups -OCH3 is 1. The van der Waals surface area contributed by atoms with Crippen LogP contribution in [-0.2, 0) is 11.3 Å². The van der Waals surface area contributed by atoms with E-state index in [1.165, 1.54) is 0 Å². The molecular weight excluding hydrogens is 244 g/mol. The maximum absolute atomic E-state index is 11.1. The molecule has 0 spiro atoms. The molecule has 2 N–H and O–H groups in total. The lowest BCUT2D eigenvalue weighted by Crippen LogP contribution is -2.38. The zero-order chi connectivity index (χ0) is 13.8. The molecule has 1 atom stereocenters. The van der Waals surface area contributed by atoms with E-state index in [9.17, 15) is 4.79 Å². The third-order valence-corrected chi connectivity index (χ3v) is 3.28. The Kier molecular flexibility index (Phi) is 4.03. The molecule has 0 heterocycles. The molecule has 0 aliphatic heterocycles. The normalized spacial score (nSPS) is 15.6. The molecule has 1 unspecified atom stereocenters. The van der Waals surface area contributed by atoms with Crippen molar-refractivity contribution < 1.29 is 14.6 Å². The molecule has 1 aromatic carbocycles. The fourth-order valence-corrected chi connectivity index (χ4v) is 2.09. The average molecular weight is 260 g/mol. The summed E-state index contributed by atoms with van der Waals surface area (Å²) in [6.45, 7) is 0.381. The van der Waals surface area contributed by atoms with Gasteiger partial charge in [0, 0.05) is 12.1 Å². The highest BCUT2D eigenvalue weighted by atomic mass is 16.5. The van der Waals surface area contributed by atoms with Crippen LogP contribution in [0.1, 0.15) is 24.0 Å². The van der Waals surface area contributed by atoms with Crippen molar-refractivity contribution in [1.82, 2.24) is 5.32 Å². The average Bonchev–Trinajstić information content (AvgIpc) is 3.23. The van der Waals surface area contributed by atoms with E-state index in [2.05, 4.69) is 11.4 Å². The predicted octanol–water partition coefficient (Wildman–Crippen LogP) is 1.52. The van der Waals surface area contributed by atoms with Gasteiger partial charge in [0.15, 0.2) is 0 Å². The van der Waals surface area contributed by atoms with Gasteiger partial charge in [0.2, 0.25) is 0 Å². The minimum Gasteiger partial charge on any atom is -0.496 e. The molecule has 1 aromatic rings. The van der Waals surface area contributed by atoms with Crippen molar-refractivity contribution in [1.29, 1.82) is 5.26 Å². The quantitative estimate of drug-likeness (QED) is 0.810. The standard InChI is InChI=1S/C14H16N2O3/c1-19-12-5-2-9(7-15)6-11(12)8-16-13(14(17)18)10-3-4-10/h2,5-6,10,13,16H,3-4,8H2,1H3,(H,17,18). The van der Waals surface area contributed by atoms with Gasteiger partial charge >= 0.3 is 5.97 Å². The third-order valence-electron chi connectivity index (χ3n) is 3.28. The van der Waals surface area contributed by atoms with Gasteiger partial charge in [0.25, 0.3) is 0 Å². The summed E-state index contributed by atoms with van der Waals surface area (Å²) < 4.78 is 5.22. The number of carboxylic acids is 1. The van der Waals surface area contributed by atoms with Crippen molar-refractivity contribution in [3.05, 3.63) is 29.3 Å². The predicted molar refractivity (Wildman–Crippen MR) is 68.7 cm³/mol. The molecule has 1 fully saturated rings. The minimum absolute atomic E-state index is 0.225. The molecule has 0 bridgehead atoms. The summed E-state index contributed by atoms with van der Waals surface area (Å²) in [6.07, 6.45) is 1.92. The molecule has 100 valence electrons. The van der Waals surface area contributed by atoms with Gasteiger partial charge in [-0.15, -0.1) is 0 Å². The van der Waals surface area contributed by atoms with Gasteiger partial charge in [-0.3, -0.25) is 10.1 Å². The molecule has 1 saturated carbocycles. The Morgan fingerprint density at radius 1 is 1.63 bits per heavy atom. The Bertz CT molecular complexity index is 518. The zero-order valence-electron chi connectivity index (χ0n) is 10.7. The second-order valence-corrected chi connectivity index (χ2v) is 4.67. The molecule has 19 heavy (non-hydrogen) atoms. The summed E-state index contributed by atoms with van der Waals surface area (Å²) in [6, 6.07) is 6.67. The van der Waals surface area contributed by atoms with Crippen molar-refractivity contribution in [3.63, 3.8) is 0 Å². The molecule has 5 nitrogen and oxygen atoms in total. The van der Waals surface area contributed by atoms with Crippen LogP contribution in [0.15, 0.2) is 18.2 Å². The monoisotopic (exact) mass is 260 g/mol. The largest absolute Gasteiger partial charge is 0.496 e. The summed E-state index contributed by atoms with van der Waals surface area (Å²) in [5, 5.41) is 21.1. The summed E-state index contributed by atoms with van der Waals surface area (Å²) in [7, 11) is 1.56. The Labute approximate surface area is 111 Å². The fourth-order valence-electron chi connectivity index (χ4n) is 2.09. The van der Waals surface area contributed by atoms with E-state index in [0.717, 1.165) is 18.4 Å². The van der Waals surface area contributed by atoms with E-state index in [4.69, 9.17) is 15.1 Å². The van der Waals surface area contributed by atoms with Crippen LogP contribution in [0.2, 0.25) is 0 Å². The highest BCUT2D eigenvalue weighted by Gasteiger charge is 2.35. The van der Waals surface area contributed by atoms with Crippen LogP contribution >= 0.6 is 0 Å². The van der Waals surface area contributed by atoms with Crippen molar-refractivity contribution in [2.75, 3.05) is 7.11 Å². The van der Waals surface area contributed by atoms with Crippen LogP contribution in [-0.4, -0.2) is 24.2 Å². The molecule has 0 saturated heterocycles. The van der Waals surface area contributed by atoms with E-state index in [0.29, 0.717) is 17.9 Å². The Morgan fingerprint density at radius 2 is 2.37 bits per heavy atom. The lowest BCUT2D eigenvalue weighted by molar-refractivity contribution is -0.140. The van der Waals surface area contributed by atoms with Crippen LogP contribution < -0.4 is 10.1 Å². The number of hydrogen-bond acceptors (Lipinski definition) is 4. The van der Waals surface area contributed by atoms with Crippen LogP contribution in [0, 0.1) is 17.2 Å². The lowest BCUT2D eigenvalue weighted by atomic mass is 10.1. The summed E-state index contributed by atoms with van der Waals surface area (Å²) in [5.74, 6) is 0.0620. The smallest absolute Gasteiger partial charge is 0.320 e.